The molecule has 0 bridgehead atoms. The van der Waals surface area contributed by atoms with E-state index in [1.807, 2.05) is 0 Å². The van der Waals surface area contributed by atoms with Gasteiger partial charge in [0.15, 0.2) is 0 Å². The van der Waals surface area contributed by atoms with Gasteiger partial charge in [-0.15, -0.1) is 0 Å². The number of rotatable bonds is 3. The van der Waals surface area contributed by atoms with Gasteiger partial charge in [0, 0.05) is 12.6 Å². The molecule has 0 fully saturated rings. The standard InChI is InChI=1S/C8H15N/c1-2-3-5-8-6-4-7-9-8/h4,6,8-9H,2-3,5,7H2,1H3. The minimum atomic E-state index is 0.685. The van der Waals surface area contributed by atoms with Crippen LogP contribution in [0.15, 0.2) is 12.2 Å². The van der Waals surface area contributed by atoms with Crippen molar-refractivity contribution in [2.75, 3.05) is 6.54 Å². The Balaban J connectivity index is 2.05. The minimum Gasteiger partial charge on any atom is -0.307 e. The summed E-state index contributed by atoms with van der Waals surface area (Å²) in [4.78, 5) is 0. The average molecular weight is 125 g/mol. The molecule has 1 aliphatic heterocycles. The Morgan fingerprint density at radius 2 is 2.56 bits per heavy atom. The Bertz CT molecular complexity index is 96.7. The summed E-state index contributed by atoms with van der Waals surface area (Å²) in [6.45, 7) is 3.31. The van der Waals surface area contributed by atoms with E-state index in [0.29, 0.717) is 6.04 Å². The first-order valence-electron chi connectivity index (χ1n) is 3.83. The van der Waals surface area contributed by atoms with Gasteiger partial charge in [0.2, 0.25) is 0 Å². The summed E-state index contributed by atoms with van der Waals surface area (Å²) < 4.78 is 0. The molecule has 0 spiro atoms. The number of hydrogen-bond acceptors (Lipinski definition) is 1. The SMILES string of the molecule is CCCCC1C=CCN1. The van der Waals surface area contributed by atoms with Crippen LogP contribution in [0, 0.1) is 0 Å². The predicted molar refractivity (Wildman–Crippen MR) is 40.5 cm³/mol. The smallest absolute Gasteiger partial charge is 0.0253 e. The highest BCUT2D eigenvalue weighted by Gasteiger charge is 2.05. The summed E-state index contributed by atoms with van der Waals surface area (Å²) in [6, 6.07) is 0.685. The third-order valence-electron chi connectivity index (χ3n) is 1.73. The van der Waals surface area contributed by atoms with E-state index in [9.17, 15) is 0 Å². The third kappa shape index (κ3) is 2.19. The van der Waals surface area contributed by atoms with Crippen molar-refractivity contribution in [3.63, 3.8) is 0 Å². The van der Waals surface area contributed by atoms with Crippen LogP contribution < -0.4 is 5.32 Å². The molecule has 0 aromatic heterocycles. The molecular formula is C8H15N. The molecule has 0 aliphatic carbocycles. The van der Waals surface area contributed by atoms with Gasteiger partial charge in [-0.2, -0.15) is 0 Å². The van der Waals surface area contributed by atoms with Gasteiger partial charge in [-0.3, -0.25) is 0 Å². The largest absolute Gasteiger partial charge is 0.307 e. The van der Waals surface area contributed by atoms with E-state index < -0.39 is 0 Å². The molecule has 0 saturated carbocycles. The topological polar surface area (TPSA) is 12.0 Å². The summed E-state index contributed by atoms with van der Waals surface area (Å²) in [6.07, 6.45) is 8.46. The number of unbranched alkanes of at least 4 members (excludes halogenated alkanes) is 1. The van der Waals surface area contributed by atoms with Crippen LogP contribution in [0.2, 0.25) is 0 Å². The number of hydrogen-bond donors (Lipinski definition) is 1. The highest BCUT2D eigenvalue weighted by Crippen LogP contribution is 2.04. The quantitative estimate of drug-likeness (QED) is 0.566. The second-order valence-electron chi connectivity index (χ2n) is 2.59. The van der Waals surface area contributed by atoms with E-state index in [0.717, 1.165) is 6.54 Å². The van der Waals surface area contributed by atoms with E-state index in [1.54, 1.807) is 0 Å². The van der Waals surface area contributed by atoms with Crippen LogP contribution >= 0.6 is 0 Å². The highest BCUT2D eigenvalue weighted by atomic mass is 14.9. The van der Waals surface area contributed by atoms with Gasteiger partial charge in [-0.05, 0) is 6.42 Å². The molecule has 1 heterocycles. The van der Waals surface area contributed by atoms with Crippen molar-refractivity contribution in [3.8, 4) is 0 Å². The van der Waals surface area contributed by atoms with Gasteiger partial charge in [-0.25, -0.2) is 0 Å². The van der Waals surface area contributed by atoms with Crippen molar-refractivity contribution in [1.29, 1.82) is 0 Å². The fourth-order valence-electron chi connectivity index (χ4n) is 1.14. The van der Waals surface area contributed by atoms with Crippen LogP contribution in [0.5, 0.6) is 0 Å². The average Bonchev–Trinajstić information content (AvgIpc) is 2.34. The van der Waals surface area contributed by atoms with Crippen molar-refractivity contribution in [1.82, 2.24) is 5.32 Å². The molecular weight excluding hydrogens is 110 g/mol. The first-order valence-corrected chi connectivity index (χ1v) is 3.83. The molecule has 1 nitrogen and oxygen atoms in total. The van der Waals surface area contributed by atoms with Gasteiger partial charge in [0.05, 0.1) is 0 Å². The van der Waals surface area contributed by atoms with Crippen LogP contribution in [-0.2, 0) is 0 Å². The van der Waals surface area contributed by atoms with E-state index >= 15 is 0 Å². The van der Waals surface area contributed by atoms with Crippen molar-refractivity contribution < 1.29 is 0 Å². The van der Waals surface area contributed by atoms with Gasteiger partial charge in [-0.1, -0.05) is 31.9 Å². The van der Waals surface area contributed by atoms with Crippen molar-refractivity contribution in [3.05, 3.63) is 12.2 Å². The van der Waals surface area contributed by atoms with Crippen molar-refractivity contribution >= 4 is 0 Å². The maximum atomic E-state index is 3.38. The minimum absolute atomic E-state index is 0.685. The van der Waals surface area contributed by atoms with Crippen LogP contribution in [-0.4, -0.2) is 12.6 Å². The third-order valence-corrected chi connectivity index (χ3v) is 1.73. The van der Waals surface area contributed by atoms with Gasteiger partial charge in [0.25, 0.3) is 0 Å². The zero-order valence-electron chi connectivity index (χ0n) is 6.06. The molecule has 0 aromatic carbocycles. The lowest BCUT2D eigenvalue weighted by Gasteiger charge is -2.05. The van der Waals surface area contributed by atoms with Crippen molar-refractivity contribution in [2.24, 2.45) is 0 Å². The van der Waals surface area contributed by atoms with Gasteiger partial charge < -0.3 is 5.32 Å². The normalized spacial score (nSPS) is 25.2. The zero-order valence-corrected chi connectivity index (χ0v) is 6.06. The van der Waals surface area contributed by atoms with Crippen LogP contribution in [0.1, 0.15) is 26.2 Å². The monoisotopic (exact) mass is 125 g/mol. The van der Waals surface area contributed by atoms with E-state index in [4.69, 9.17) is 0 Å². The molecule has 9 heavy (non-hydrogen) atoms. The molecule has 1 rings (SSSR count). The second kappa shape index (κ2) is 3.67. The lowest BCUT2D eigenvalue weighted by Crippen LogP contribution is -2.21. The first kappa shape index (κ1) is 6.81. The van der Waals surface area contributed by atoms with Crippen molar-refractivity contribution in [2.45, 2.75) is 32.2 Å². The van der Waals surface area contributed by atoms with Crippen LogP contribution in [0.4, 0.5) is 0 Å². The number of nitrogens with one attached hydrogen (secondary N) is 1. The molecule has 1 N–H and O–H groups in total. The predicted octanol–water partition coefficient (Wildman–Crippen LogP) is 1.70. The highest BCUT2D eigenvalue weighted by molar-refractivity contribution is 5.01. The summed E-state index contributed by atoms with van der Waals surface area (Å²) in [5.74, 6) is 0. The molecule has 0 saturated heterocycles. The lowest BCUT2D eigenvalue weighted by atomic mass is 10.1. The Morgan fingerprint density at radius 1 is 1.67 bits per heavy atom. The molecule has 1 unspecified atom stereocenters. The fraction of sp³-hybridized carbons (Fsp3) is 0.750. The summed E-state index contributed by atoms with van der Waals surface area (Å²) >= 11 is 0. The second-order valence-corrected chi connectivity index (χ2v) is 2.59. The Morgan fingerprint density at radius 3 is 3.11 bits per heavy atom. The Kier molecular flexibility index (Phi) is 2.78. The van der Waals surface area contributed by atoms with Crippen LogP contribution in [0.25, 0.3) is 0 Å². The summed E-state index contributed by atoms with van der Waals surface area (Å²) in [5.41, 5.74) is 0. The lowest BCUT2D eigenvalue weighted by molar-refractivity contribution is 0.582. The maximum Gasteiger partial charge on any atom is 0.0253 e. The molecule has 1 aliphatic rings. The van der Waals surface area contributed by atoms with Crippen LogP contribution in [0.3, 0.4) is 0 Å². The molecule has 0 aromatic rings. The molecule has 1 atom stereocenters. The first-order chi connectivity index (χ1) is 4.43. The molecule has 1 heteroatoms. The van der Waals surface area contributed by atoms with Gasteiger partial charge in [0.1, 0.15) is 0 Å². The zero-order chi connectivity index (χ0) is 6.53. The Labute approximate surface area is 57.1 Å². The van der Waals surface area contributed by atoms with E-state index in [-0.39, 0.29) is 0 Å². The molecule has 52 valence electrons. The summed E-state index contributed by atoms with van der Waals surface area (Å²) in [7, 11) is 0. The van der Waals surface area contributed by atoms with E-state index in [1.165, 1.54) is 19.3 Å². The molecule has 0 amide bonds. The Hall–Kier alpha value is -0.300. The summed E-state index contributed by atoms with van der Waals surface area (Å²) in [5, 5.41) is 3.38. The van der Waals surface area contributed by atoms with E-state index in [2.05, 4.69) is 24.4 Å². The molecule has 0 radical (unpaired) electrons. The van der Waals surface area contributed by atoms with Gasteiger partial charge >= 0.3 is 0 Å². The maximum absolute atomic E-state index is 3.38. The fourth-order valence-corrected chi connectivity index (χ4v) is 1.14.